The molecule has 12 heteroatoms. The Balaban J connectivity index is 1.18. The zero-order valence-electron chi connectivity index (χ0n) is 21.5. The molecule has 7 rings (SSSR count). The molecule has 40 heavy (non-hydrogen) atoms. The quantitative estimate of drug-likeness (QED) is 0.390. The second-order valence-electron chi connectivity index (χ2n) is 10.4. The van der Waals surface area contributed by atoms with Crippen LogP contribution in [0.2, 0.25) is 5.02 Å². The van der Waals surface area contributed by atoms with Crippen molar-refractivity contribution in [2.75, 3.05) is 36.4 Å². The smallest absolute Gasteiger partial charge is 0.413 e. The van der Waals surface area contributed by atoms with Gasteiger partial charge in [0.1, 0.15) is 35.8 Å². The number of pyridine rings is 1. The molecule has 2 amide bonds. The molecule has 0 aliphatic carbocycles. The van der Waals surface area contributed by atoms with Crippen LogP contribution in [0, 0.1) is 0 Å². The molecule has 0 radical (unpaired) electrons. The van der Waals surface area contributed by atoms with Crippen molar-refractivity contribution in [1.82, 2.24) is 24.4 Å². The van der Waals surface area contributed by atoms with Crippen molar-refractivity contribution in [2.45, 2.75) is 31.1 Å². The van der Waals surface area contributed by atoms with Gasteiger partial charge in [-0.15, -0.1) is 0 Å². The number of halogens is 1. The van der Waals surface area contributed by atoms with Gasteiger partial charge in [-0.1, -0.05) is 29.8 Å². The molecule has 1 spiro atoms. The van der Waals surface area contributed by atoms with Crippen molar-refractivity contribution in [3.8, 4) is 11.1 Å². The summed E-state index contributed by atoms with van der Waals surface area (Å²) in [4.78, 5) is 43.0. The van der Waals surface area contributed by atoms with Gasteiger partial charge in [-0.05, 0) is 18.2 Å². The van der Waals surface area contributed by atoms with Crippen LogP contribution in [0.5, 0.6) is 0 Å². The second-order valence-corrected chi connectivity index (χ2v) is 10.8. The number of nitrogens with zero attached hydrogens (tertiary/aromatic N) is 6. The first-order valence-corrected chi connectivity index (χ1v) is 13.5. The van der Waals surface area contributed by atoms with Gasteiger partial charge >= 0.3 is 6.09 Å². The molecule has 0 atom stereocenters. The number of aromatic nitrogens is 4. The van der Waals surface area contributed by atoms with Crippen molar-refractivity contribution < 1.29 is 19.4 Å². The van der Waals surface area contributed by atoms with Crippen molar-refractivity contribution in [2.24, 2.45) is 0 Å². The summed E-state index contributed by atoms with van der Waals surface area (Å²) in [5.41, 5.74) is 2.30. The third-order valence-electron chi connectivity index (χ3n) is 8.00. The molecule has 0 saturated carbocycles. The van der Waals surface area contributed by atoms with Crippen LogP contribution in [0.4, 0.5) is 16.4 Å². The number of nitrogens with one attached hydrogen (secondary N) is 1. The zero-order valence-corrected chi connectivity index (χ0v) is 22.2. The maximum absolute atomic E-state index is 13.6. The van der Waals surface area contributed by atoms with Gasteiger partial charge in [0.2, 0.25) is 5.91 Å². The number of likely N-dealkylation sites (tertiary alicyclic amines) is 1. The average molecular weight is 560 g/mol. The van der Waals surface area contributed by atoms with E-state index in [9.17, 15) is 14.7 Å². The minimum atomic E-state index is -0.802. The van der Waals surface area contributed by atoms with Gasteiger partial charge < -0.3 is 24.2 Å². The molecule has 3 aliphatic rings. The Morgan fingerprint density at radius 1 is 1.10 bits per heavy atom. The van der Waals surface area contributed by atoms with Gasteiger partial charge in [-0.3, -0.25) is 10.1 Å². The number of rotatable bonds is 4. The van der Waals surface area contributed by atoms with E-state index in [4.69, 9.17) is 16.3 Å². The van der Waals surface area contributed by atoms with Crippen LogP contribution in [0.25, 0.3) is 22.2 Å². The maximum atomic E-state index is 13.6. The fraction of sp³-hybridized carbons (Fsp3) is 0.321. The molecule has 6 heterocycles. The van der Waals surface area contributed by atoms with E-state index in [0.29, 0.717) is 61.3 Å². The second kappa shape index (κ2) is 9.46. The van der Waals surface area contributed by atoms with Crippen LogP contribution in [0.3, 0.4) is 0 Å². The highest BCUT2D eigenvalue weighted by Crippen LogP contribution is 2.43. The number of β-amino-alcohol motifs (C(OH)–C–C–N with tert-alkyl or cyclic N) is 1. The van der Waals surface area contributed by atoms with Crippen molar-refractivity contribution >= 4 is 46.3 Å². The summed E-state index contributed by atoms with van der Waals surface area (Å²) >= 11 is 6.59. The maximum Gasteiger partial charge on any atom is 0.413 e. The Labute approximate surface area is 234 Å². The SMILES string of the molecule is O=C1Nc2ncccc2C2(CCN(C(=O)Cn3cc(-c4ccccc4Cl)c4c(N5CC(O)C5)ncnc43)CC2)O1. The number of hydrogen-bond donors (Lipinski definition) is 2. The van der Waals surface area contributed by atoms with Gasteiger partial charge in [0, 0.05) is 73.1 Å². The third-order valence-corrected chi connectivity index (χ3v) is 8.33. The number of ether oxygens (including phenoxy) is 1. The fourth-order valence-electron chi connectivity index (χ4n) is 5.94. The Bertz CT molecular complexity index is 1640. The van der Waals surface area contributed by atoms with E-state index in [1.54, 1.807) is 11.1 Å². The van der Waals surface area contributed by atoms with Crippen molar-refractivity contribution in [3.63, 3.8) is 0 Å². The predicted molar refractivity (Wildman–Crippen MR) is 148 cm³/mol. The first kappa shape index (κ1) is 24.8. The van der Waals surface area contributed by atoms with E-state index in [1.165, 1.54) is 6.33 Å². The summed E-state index contributed by atoms with van der Waals surface area (Å²) in [5.74, 6) is 1.15. The van der Waals surface area contributed by atoms with E-state index in [0.717, 1.165) is 22.1 Å². The number of aliphatic hydroxyl groups excluding tert-OH is 1. The monoisotopic (exact) mass is 559 g/mol. The van der Waals surface area contributed by atoms with E-state index < -0.39 is 17.8 Å². The summed E-state index contributed by atoms with van der Waals surface area (Å²) in [6.07, 6.45) is 5.05. The molecule has 2 fully saturated rings. The molecule has 0 unspecified atom stereocenters. The van der Waals surface area contributed by atoms with Gasteiger partial charge in [0.25, 0.3) is 0 Å². The Morgan fingerprint density at radius 2 is 1.90 bits per heavy atom. The number of anilines is 2. The number of aliphatic hydroxyl groups is 1. The molecule has 2 N–H and O–H groups in total. The first-order valence-electron chi connectivity index (χ1n) is 13.2. The average Bonchev–Trinajstić information content (AvgIpc) is 3.30. The standard InChI is InChI=1S/C28H26ClN7O4/c29-21-6-2-1-4-18(21)19-14-36(26-23(19)25(31-16-32-26)35-12-17(37)13-35)15-22(38)34-10-7-28(8-11-34)20-5-3-9-30-24(20)33-27(39)40-28/h1-6,9,14,16-17,37H,7-8,10-13,15H2,(H,30,33,39). The molecule has 11 nitrogen and oxygen atoms in total. The van der Waals surface area contributed by atoms with E-state index in [1.807, 2.05) is 52.1 Å². The van der Waals surface area contributed by atoms with Gasteiger partial charge in [0.05, 0.1) is 11.5 Å². The molecule has 0 bridgehead atoms. The lowest BCUT2D eigenvalue weighted by Crippen LogP contribution is -2.51. The minimum Gasteiger partial charge on any atom is -0.437 e. The summed E-state index contributed by atoms with van der Waals surface area (Å²) in [6.45, 7) is 1.90. The van der Waals surface area contributed by atoms with Gasteiger partial charge in [0.15, 0.2) is 0 Å². The largest absolute Gasteiger partial charge is 0.437 e. The molecule has 204 valence electrons. The molecule has 2 saturated heterocycles. The van der Waals surface area contributed by atoms with Crippen molar-refractivity contribution in [3.05, 3.63) is 65.7 Å². The molecule has 1 aromatic carbocycles. The van der Waals surface area contributed by atoms with Gasteiger partial charge in [-0.25, -0.2) is 19.7 Å². The topological polar surface area (TPSA) is 126 Å². The fourth-order valence-corrected chi connectivity index (χ4v) is 6.18. The third kappa shape index (κ3) is 4.04. The number of hydrogen-bond acceptors (Lipinski definition) is 8. The highest BCUT2D eigenvalue weighted by atomic mass is 35.5. The predicted octanol–water partition coefficient (Wildman–Crippen LogP) is 3.41. The Hall–Kier alpha value is -4.22. The van der Waals surface area contributed by atoms with Crippen LogP contribution < -0.4 is 10.2 Å². The van der Waals surface area contributed by atoms with Crippen molar-refractivity contribution in [1.29, 1.82) is 0 Å². The Kier molecular flexibility index (Phi) is 5.86. The van der Waals surface area contributed by atoms with E-state index in [-0.39, 0.29) is 12.5 Å². The number of amides is 2. The molecular formula is C28H26ClN7O4. The molecule has 3 aliphatic heterocycles. The number of piperidine rings is 1. The van der Waals surface area contributed by atoms with Crippen LogP contribution in [0.15, 0.2) is 55.1 Å². The van der Waals surface area contributed by atoms with Crippen LogP contribution in [-0.2, 0) is 21.7 Å². The lowest BCUT2D eigenvalue weighted by molar-refractivity contribution is -0.136. The highest BCUT2D eigenvalue weighted by Gasteiger charge is 2.45. The number of benzene rings is 1. The lowest BCUT2D eigenvalue weighted by atomic mass is 9.83. The first-order chi connectivity index (χ1) is 19.4. The number of fused-ring (bicyclic) bond motifs is 3. The Morgan fingerprint density at radius 3 is 2.67 bits per heavy atom. The number of carbonyl (C=O) groups excluding carboxylic acids is 2. The normalized spacial score (nSPS) is 18.3. The summed E-state index contributed by atoms with van der Waals surface area (Å²) in [6, 6.07) is 11.3. The van der Waals surface area contributed by atoms with Crippen LogP contribution >= 0.6 is 11.6 Å². The molecule has 4 aromatic rings. The zero-order chi connectivity index (χ0) is 27.4. The summed E-state index contributed by atoms with van der Waals surface area (Å²) in [5, 5.41) is 14.0. The highest BCUT2D eigenvalue weighted by molar-refractivity contribution is 6.33. The van der Waals surface area contributed by atoms with Gasteiger partial charge in [-0.2, -0.15) is 0 Å². The minimum absolute atomic E-state index is 0.0661. The van der Waals surface area contributed by atoms with Crippen LogP contribution in [-0.4, -0.2) is 73.8 Å². The summed E-state index contributed by atoms with van der Waals surface area (Å²) < 4.78 is 7.62. The van der Waals surface area contributed by atoms with Crippen LogP contribution in [0.1, 0.15) is 18.4 Å². The molecule has 3 aromatic heterocycles. The molecular weight excluding hydrogens is 534 g/mol. The van der Waals surface area contributed by atoms with E-state index >= 15 is 0 Å². The van der Waals surface area contributed by atoms with E-state index in [2.05, 4.69) is 20.3 Å². The lowest BCUT2D eigenvalue weighted by Gasteiger charge is -2.43. The number of carbonyl (C=O) groups is 2. The summed E-state index contributed by atoms with van der Waals surface area (Å²) in [7, 11) is 0.